The van der Waals surface area contributed by atoms with Gasteiger partial charge in [-0.25, -0.2) is 4.98 Å². The minimum absolute atomic E-state index is 0.898. The molecular formula is C10H14N4S. The molecular weight excluding hydrogens is 208 g/mol. The maximum atomic E-state index is 4.26. The zero-order valence-electron chi connectivity index (χ0n) is 8.68. The van der Waals surface area contributed by atoms with Crippen LogP contribution in [0.4, 0.5) is 0 Å². The summed E-state index contributed by atoms with van der Waals surface area (Å²) in [5.74, 6) is 1.12. The van der Waals surface area contributed by atoms with E-state index in [1.807, 2.05) is 35.7 Å². The topological polar surface area (TPSA) is 42.7 Å². The van der Waals surface area contributed by atoms with Gasteiger partial charge in [0, 0.05) is 50.0 Å². The van der Waals surface area contributed by atoms with E-state index < -0.39 is 0 Å². The van der Waals surface area contributed by atoms with Crippen LogP contribution in [0.5, 0.6) is 0 Å². The van der Waals surface area contributed by atoms with E-state index in [0.29, 0.717) is 0 Å². The molecule has 4 nitrogen and oxygen atoms in total. The third kappa shape index (κ3) is 2.87. The van der Waals surface area contributed by atoms with Crippen molar-refractivity contribution >= 4 is 11.3 Å². The molecule has 0 bridgehead atoms. The Morgan fingerprint density at radius 1 is 1.53 bits per heavy atom. The van der Waals surface area contributed by atoms with E-state index in [-0.39, 0.29) is 0 Å². The number of thiazole rings is 1. The molecule has 0 aliphatic rings. The molecule has 2 aromatic heterocycles. The van der Waals surface area contributed by atoms with Crippen LogP contribution in [0.3, 0.4) is 0 Å². The number of aromatic nitrogens is 3. The largest absolute Gasteiger partial charge is 0.338 e. The average Bonchev–Trinajstić information content (AvgIpc) is 2.85. The number of nitrogens with zero attached hydrogens (tertiary/aromatic N) is 3. The summed E-state index contributed by atoms with van der Waals surface area (Å²) in [6, 6.07) is 0. The molecule has 5 heteroatoms. The van der Waals surface area contributed by atoms with Crippen LogP contribution in [-0.2, 0) is 20.0 Å². The average molecular weight is 222 g/mol. The first-order valence-electron chi connectivity index (χ1n) is 4.90. The summed E-state index contributed by atoms with van der Waals surface area (Å²) in [5.41, 5.74) is 1.86. The van der Waals surface area contributed by atoms with Crippen molar-refractivity contribution in [2.24, 2.45) is 7.05 Å². The van der Waals surface area contributed by atoms with Crippen molar-refractivity contribution in [2.45, 2.75) is 13.0 Å². The summed E-state index contributed by atoms with van der Waals surface area (Å²) in [7, 11) is 2.02. The first-order valence-corrected chi connectivity index (χ1v) is 5.78. The van der Waals surface area contributed by atoms with Gasteiger partial charge in [0.05, 0.1) is 5.51 Å². The van der Waals surface area contributed by atoms with E-state index in [4.69, 9.17) is 0 Å². The Kier molecular flexibility index (Phi) is 3.47. The molecule has 80 valence electrons. The standard InChI is InChI=1S/C10H14N4S/c1-14-5-4-13-10(14)2-3-11-6-9-7-12-8-15-9/h4-5,7-8,11H,2-3,6H2,1H3. The van der Waals surface area contributed by atoms with Gasteiger partial charge in [-0.15, -0.1) is 11.3 Å². The van der Waals surface area contributed by atoms with Crippen LogP contribution in [0, 0.1) is 0 Å². The van der Waals surface area contributed by atoms with Crippen LogP contribution in [0.2, 0.25) is 0 Å². The Morgan fingerprint density at radius 2 is 2.47 bits per heavy atom. The van der Waals surface area contributed by atoms with Gasteiger partial charge < -0.3 is 9.88 Å². The third-order valence-electron chi connectivity index (χ3n) is 2.23. The molecule has 1 N–H and O–H groups in total. The Hall–Kier alpha value is -1.20. The highest BCUT2D eigenvalue weighted by Gasteiger charge is 1.98. The highest BCUT2D eigenvalue weighted by molar-refractivity contribution is 7.09. The molecule has 0 spiro atoms. The van der Waals surface area contributed by atoms with Gasteiger partial charge in [0.15, 0.2) is 0 Å². The second kappa shape index (κ2) is 5.04. The second-order valence-electron chi connectivity index (χ2n) is 3.35. The van der Waals surface area contributed by atoms with Crippen LogP contribution < -0.4 is 5.32 Å². The van der Waals surface area contributed by atoms with E-state index in [0.717, 1.165) is 25.3 Å². The lowest BCUT2D eigenvalue weighted by atomic mass is 10.4. The Bertz CT molecular complexity index is 393. The lowest BCUT2D eigenvalue weighted by Gasteiger charge is -2.03. The SMILES string of the molecule is Cn1ccnc1CCNCc1cncs1. The molecule has 0 saturated heterocycles. The fraction of sp³-hybridized carbons (Fsp3) is 0.400. The number of rotatable bonds is 5. The number of aryl methyl sites for hydroxylation is 1. The highest BCUT2D eigenvalue weighted by atomic mass is 32.1. The number of hydrogen-bond acceptors (Lipinski definition) is 4. The van der Waals surface area contributed by atoms with Gasteiger partial charge >= 0.3 is 0 Å². The fourth-order valence-corrected chi connectivity index (χ4v) is 1.94. The molecule has 2 aromatic rings. The molecule has 0 atom stereocenters. The van der Waals surface area contributed by atoms with Gasteiger partial charge in [0.1, 0.15) is 5.82 Å². The minimum atomic E-state index is 0.898. The number of nitrogens with one attached hydrogen (secondary N) is 1. The molecule has 0 radical (unpaired) electrons. The van der Waals surface area contributed by atoms with E-state index in [2.05, 4.69) is 15.3 Å². The van der Waals surface area contributed by atoms with Crippen molar-refractivity contribution in [1.29, 1.82) is 0 Å². The van der Waals surface area contributed by atoms with E-state index in [9.17, 15) is 0 Å². The summed E-state index contributed by atoms with van der Waals surface area (Å²) in [5, 5.41) is 3.37. The molecule has 0 unspecified atom stereocenters. The third-order valence-corrected chi connectivity index (χ3v) is 3.01. The van der Waals surface area contributed by atoms with Gasteiger partial charge in [0.2, 0.25) is 0 Å². The zero-order valence-corrected chi connectivity index (χ0v) is 9.50. The van der Waals surface area contributed by atoms with Gasteiger partial charge in [-0.2, -0.15) is 0 Å². The van der Waals surface area contributed by atoms with Crippen molar-refractivity contribution < 1.29 is 0 Å². The predicted molar refractivity (Wildman–Crippen MR) is 60.7 cm³/mol. The fourth-order valence-electron chi connectivity index (χ4n) is 1.38. The summed E-state index contributed by atoms with van der Waals surface area (Å²) in [4.78, 5) is 9.56. The van der Waals surface area contributed by atoms with Gasteiger partial charge in [-0.1, -0.05) is 0 Å². The molecule has 0 aliphatic carbocycles. The van der Waals surface area contributed by atoms with Crippen LogP contribution in [0.25, 0.3) is 0 Å². The summed E-state index contributed by atoms with van der Waals surface area (Å²) in [6.07, 6.45) is 6.66. The van der Waals surface area contributed by atoms with Gasteiger partial charge in [-0.3, -0.25) is 4.98 Å². The Morgan fingerprint density at radius 3 is 3.13 bits per heavy atom. The second-order valence-corrected chi connectivity index (χ2v) is 4.32. The van der Waals surface area contributed by atoms with E-state index in [1.54, 1.807) is 11.3 Å². The lowest BCUT2D eigenvalue weighted by Crippen LogP contribution is -2.17. The zero-order chi connectivity index (χ0) is 10.5. The molecule has 0 aromatic carbocycles. The van der Waals surface area contributed by atoms with Crippen molar-refractivity contribution in [1.82, 2.24) is 19.9 Å². The van der Waals surface area contributed by atoms with Crippen LogP contribution >= 0.6 is 11.3 Å². The molecule has 0 aliphatic heterocycles. The highest BCUT2D eigenvalue weighted by Crippen LogP contribution is 2.04. The first-order chi connectivity index (χ1) is 7.36. The minimum Gasteiger partial charge on any atom is -0.338 e. The molecule has 15 heavy (non-hydrogen) atoms. The van der Waals surface area contributed by atoms with E-state index >= 15 is 0 Å². The van der Waals surface area contributed by atoms with Crippen LogP contribution in [0.1, 0.15) is 10.7 Å². The normalized spacial score (nSPS) is 10.7. The van der Waals surface area contributed by atoms with Crippen molar-refractivity contribution in [3.63, 3.8) is 0 Å². The Labute approximate surface area is 93.0 Å². The van der Waals surface area contributed by atoms with Crippen molar-refractivity contribution in [3.05, 3.63) is 34.8 Å². The Balaban J connectivity index is 1.70. The van der Waals surface area contributed by atoms with Crippen LogP contribution in [-0.4, -0.2) is 21.1 Å². The maximum Gasteiger partial charge on any atom is 0.109 e. The molecule has 2 heterocycles. The molecule has 0 fully saturated rings. The first kappa shape index (κ1) is 10.3. The lowest BCUT2D eigenvalue weighted by molar-refractivity contribution is 0.659. The number of hydrogen-bond donors (Lipinski definition) is 1. The summed E-state index contributed by atoms with van der Waals surface area (Å²) in [6.45, 7) is 1.85. The smallest absolute Gasteiger partial charge is 0.109 e. The maximum absolute atomic E-state index is 4.26. The monoisotopic (exact) mass is 222 g/mol. The van der Waals surface area contributed by atoms with Crippen molar-refractivity contribution in [2.75, 3.05) is 6.54 Å². The summed E-state index contributed by atoms with van der Waals surface area (Å²) >= 11 is 1.68. The molecule has 0 saturated carbocycles. The predicted octanol–water partition coefficient (Wildman–Crippen LogP) is 1.21. The number of imidazole rings is 1. The van der Waals surface area contributed by atoms with Gasteiger partial charge in [0.25, 0.3) is 0 Å². The summed E-state index contributed by atoms with van der Waals surface area (Å²) < 4.78 is 2.05. The molecule has 0 amide bonds. The van der Waals surface area contributed by atoms with Crippen molar-refractivity contribution in [3.8, 4) is 0 Å². The molecule has 2 rings (SSSR count). The van der Waals surface area contributed by atoms with Gasteiger partial charge in [-0.05, 0) is 0 Å². The quantitative estimate of drug-likeness (QED) is 0.773. The van der Waals surface area contributed by atoms with E-state index in [1.165, 1.54) is 4.88 Å². The van der Waals surface area contributed by atoms with Crippen LogP contribution in [0.15, 0.2) is 24.1 Å².